The van der Waals surface area contributed by atoms with E-state index in [1.54, 1.807) is 24.0 Å². The van der Waals surface area contributed by atoms with Crippen LogP contribution in [0.1, 0.15) is 18.7 Å². The van der Waals surface area contributed by atoms with E-state index in [9.17, 15) is 4.79 Å². The molecule has 1 unspecified atom stereocenters. The molecule has 2 aromatic rings. The summed E-state index contributed by atoms with van der Waals surface area (Å²) in [5.74, 6) is -0.130. The third kappa shape index (κ3) is 2.92. The second kappa shape index (κ2) is 4.97. The maximum Gasteiger partial charge on any atom is 0.250 e. The molecule has 0 spiro atoms. The molecule has 0 aliphatic carbocycles. The van der Waals surface area contributed by atoms with E-state index < -0.39 is 0 Å². The normalized spacial score (nSPS) is 12.4. The Kier molecular flexibility index (Phi) is 3.58. The summed E-state index contributed by atoms with van der Waals surface area (Å²) in [6, 6.07) is -0.370. The molecule has 2 rings (SSSR count). The molecule has 2 heterocycles. The maximum absolute atomic E-state index is 11.9. The number of hydrogen-bond donors (Lipinski definition) is 1. The smallest absolute Gasteiger partial charge is 0.250 e. The van der Waals surface area contributed by atoms with Gasteiger partial charge in [0, 0.05) is 11.6 Å². The van der Waals surface area contributed by atoms with Crippen LogP contribution in [-0.4, -0.2) is 20.7 Å². The number of nitrogens with zero attached hydrogens (tertiary/aromatic N) is 3. The van der Waals surface area contributed by atoms with Crippen molar-refractivity contribution in [3.63, 3.8) is 0 Å². The zero-order chi connectivity index (χ0) is 12.4. The minimum absolute atomic E-state index is 0.130. The van der Waals surface area contributed by atoms with Crippen molar-refractivity contribution in [2.24, 2.45) is 0 Å². The van der Waals surface area contributed by atoms with Crippen LogP contribution >= 0.6 is 27.3 Å². The molecule has 0 saturated carbocycles. The summed E-state index contributed by atoms with van der Waals surface area (Å²) in [4.78, 5) is 16.1. The number of amides is 1. The first-order valence-corrected chi connectivity index (χ1v) is 6.66. The number of hydrogen-bond acceptors (Lipinski definition) is 4. The van der Waals surface area contributed by atoms with E-state index in [2.05, 4.69) is 31.3 Å². The van der Waals surface area contributed by atoms with Crippen molar-refractivity contribution in [3.8, 4) is 0 Å². The highest BCUT2D eigenvalue weighted by Gasteiger charge is 2.16. The largest absolute Gasteiger partial charge is 0.300 e. The molecule has 5 nitrogen and oxygen atoms in total. The van der Waals surface area contributed by atoms with Crippen molar-refractivity contribution in [3.05, 3.63) is 27.9 Å². The van der Waals surface area contributed by atoms with Crippen molar-refractivity contribution in [2.75, 3.05) is 5.32 Å². The molecule has 0 aliphatic rings. The van der Waals surface area contributed by atoms with Crippen LogP contribution in [-0.2, 0) is 4.79 Å². The predicted octanol–water partition coefficient (Wildman–Crippen LogP) is 2.61. The number of rotatable bonds is 3. The van der Waals surface area contributed by atoms with Gasteiger partial charge in [-0.25, -0.2) is 4.98 Å². The van der Waals surface area contributed by atoms with Gasteiger partial charge in [0.2, 0.25) is 0 Å². The molecule has 1 atom stereocenters. The van der Waals surface area contributed by atoms with Gasteiger partial charge in [-0.05, 0) is 29.8 Å². The van der Waals surface area contributed by atoms with E-state index in [1.165, 1.54) is 11.3 Å². The SMILES string of the molecule is Cc1csc(NC(=O)C(C)n2cc(Br)cn2)n1. The highest BCUT2D eigenvalue weighted by Crippen LogP contribution is 2.17. The van der Waals surface area contributed by atoms with Gasteiger partial charge in [-0.2, -0.15) is 5.10 Å². The van der Waals surface area contributed by atoms with Crippen LogP contribution in [0.4, 0.5) is 5.13 Å². The van der Waals surface area contributed by atoms with E-state index in [0.717, 1.165) is 10.2 Å². The highest BCUT2D eigenvalue weighted by molar-refractivity contribution is 9.10. The average Bonchev–Trinajstić information content (AvgIpc) is 2.87. The fourth-order valence-electron chi connectivity index (χ4n) is 1.27. The van der Waals surface area contributed by atoms with E-state index in [-0.39, 0.29) is 11.9 Å². The number of aromatic nitrogens is 3. The Balaban J connectivity index is 2.05. The van der Waals surface area contributed by atoms with Crippen molar-refractivity contribution in [1.29, 1.82) is 0 Å². The zero-order valence-electron chi connectivity index (χ0n) is 9.35. The van der Waals surface area contributed by atoms with E-state index >= 15 is 0 Å². The minimum Gasteiger partial charge on any atom is -0.300 e. The first-order valence-electron chi connectivity index (χ1n) is 4.99. The molecule has 17 heavy (non-hydrogen) atoms. The van der Waals surface area contributed by atoms with Crippen LogP contribution in [0.15, 0.2) is 22.2 Å². The Labute approximate surface area is 111 Å². The topological polar surface area (TPSA) is 59.8 Å². The lowest BCUT2D eigenvalue weighted by Crippen LogP contribution is -2.23. The van der Waals surface area contributed by atoms with Gasteiger partial charge >= 0.3 is 0 Å². The first kappa shape index (κ1) is 12.3. The maximum atomic E-state index is 11.9. The Hall–Kier alpha value is -1.21. The summed E-state index contributed by atoms with van der Waals surface area (Å²) in [7, 11) is 0. The second-order valence-corrected chi connectivity index (χ2v) is 5.37. The van der Waals surface area contributed by atoms with E-state index in [4.69, 9.17) is 0 Å². The summed E-state index contributed by atoms with van der Waals surface area (Å²) in [6.45, 7) is 3.68. The molecule has 0 radical (unpaired) electrons. The molecule has 1 N–H and O–H groups in total. The summed E-state index contributed by atoms with van der Waals surface area (Å²) in [5.41, 5.74) is 0.903. The number of anilines is 1. The van der Waals surface area contributed by atoms with Gasteiger partial charge in [0.05, 0.1) is 16.4 Å². The van der Waals surface area contributed by atoms with Gasteiger partial charge in [0.1, 0.15) is 6.04 Å². The third-order valence-corrected chi connectivity index (χ3v) is 3.48. The molecule has 0 aromatic carbocycles. The van der Waals surface area contributed by atoms with Crippen molar-refractivity contribution in [1.82, 2.24) is 14.8 Å². The zero-order valence-corrected chi connectivity index (χ0v) is 11.7. The van der Waals surface area contributed by atoms with Gasteiger partial charge in [-0.15, -0.1) is 11.3 Å². The molecule has 0 saturated heterocycles. The van der Waals surface area contributed by atoms with Crippen LogP contribution in [0.3, 0.4) is 0 Å². The molecular weight excluding hydrogens is 304 g/mol. The predicted molar refractivity (Wildman–Crippen MR) is 70.1 cm³/mol. The van der Waals surface area contributed by atoms with Crippen LogP contribution in [0, 0.1) is 6.92 Å². The van der Waals surface area contributed by atoms with Gasteiger partial charge < -0.3 is 5.32 Å². The lowest BCUT2D eigenvalue weighted by atomic mass is 10.3. The van der Waals surface area contributed by atoms with Gasteiger partial charge in [0.25, 0.3) is 5.91 Å². The van der Waals surface area contributed by atoms with Crippen molar-refractivity contribution >= 4 is 38.3 Å². The summed E-state index contributed by atoms with van der Waals surface area (Å²) >= 11 is 4.71. The van der Waals surface area contributed by atoms with Gasteiger partial charge in [-0.3, -0.25) is 9.48 Å². The second-order valence-electron chi connectivity index (χ2n) is 3.60. The van der Waals surface area contributed by atoms with Gasteiger partial charge in [0.15, 0.2) is 5.13 Å². The summed E-state index contributed by atoms with van der Waals surface area (Å²) in [5, 5.41) is 9.35. The van der Waals surface area contributed by atoms with E-state index in [1.807, 2.05) is 12.3 Å². The third-order valence-electron chi connectivity index (χ3n) is 2.20. The molecule has 0 bridgehead atoms. The standard InChI is InChI=1S/C10H11BrN4OS/c1-6-5-17-10(13-6)14-9(16)7(2)15-4-8(11)3-12-15/h3-5,7H,1-2H3,(H,13,14,16). The number of aryl methyl sites for hydroxylation is 1. The van der Waals surface area contributed by atoms with Crippen molar-refractivity contribution in [2.45, 2.75) is 19.9 Å². The van der Waals surface area contributed by atoms with Crippen LogP contribution < -0.4 is 5.32 Å². The lowest BCUT2D eigenvalue weighted by molar-refractivity contribution is -0.119. The molecule has 1 amide bonds. The number of carbonyl (C=O) groups is 1. The Morgan fingerprint density at radius 1 is 1.65 bits per heavy atom. The van der Waals surface area contributed by atoms with Crippen molar-refractivity contribution < 1.29 is 4.79 Å². The first-order chi connectivity index (χ1) is 8.06. The number of halogens is 1. The number of carbonyl (C=O) groups excluding carboxylic acids is 1. The molecule has 2 aromatic heterocycles. The fourth-order valence-corrected chi connectivity index (χ4v) is 2.26. The average molecular weight is 315 g/mol. The number of thiazole rings is 1. The Morgan fingerprint density at radius 2 is 2.41 bits per heavy atom. The molecular formula is C10H11BrN4OS. The van der Waals surface area contributed by atoms with Crippen LogP contribution in [0.25, 0.3) is 0 Å². The molecule has 90 valence electrons. The lowest BCUT2D eigenvalue weighted by Gasteiger charge is -2.10. The monoisotopic (exact) mass is 314 g/mol. The molecule has 0 fully saturated rings. The quantitative estimate of drug-likeness (QED) is 0.947. The fraction of sp³-hybridized carbons (Fsp3) is 0.300. The highest BCUT2D eigenvalue weighted by atomic mass is 79.9. The summed E-state index contributed by atoms with van der Waals surface area (Å²) < 4.78 is 2.45. The Morgan fingerprint density at radius 3 is 2.94 bits per heavy atom. The molecule has 7 heteroatoms. The summed E-state index contributed by atoms with van der Waals surface area (Å²) in [6.07, 6.45) is 3.41. The van der Waals surface area contributed by atoms with Crippen LogP contribution in [0.2, 0.25) is 0 Å². The van der Waals surface area contributed by atoms with E-state index in [0.29, 0.717) is 5.13 Å². The van der Waals surface area contributed by atoms with Gasteiger partial charge in [-0.1, -0.05) is 0 Å². The van der Waals surface area contributed by atoms with Crippen LogP contribution in [0.5, 0.6) is 0 Å². The molecule has 0 aliphatic heterocycles. The minimum atomic E-state index is -0.370. The number of nitrogens with one attached hydrogen (secondary N) is 1. The Bertz CT molecular complexity index is 536.